The predicted octanol–water partition coefficient (Wildman–Crippen LogP) is 5.00. The minimum Gasteiger partial charge on any atom is -0.356 e. The van der Waals surface area contributed by atoms with Gasteiger partial charge in [0.15, 0.2) is 5.58 Å². The summed E-state index contributed by atoms with van der Waals surface area (Å²) in [6.45, 7) is 4.15. The van der Waals surface area contributed by atoms with Crippen LogP contribution in [-0.4, -0.2) is 42.1 Å². The molecule has 33 heavy (non-hydrogen) atoms. The first-order valence-electron chi connectivity index (χ1n) is 12.4. The van der Waals surface area contributed by atoms with Crippen LogP contribution in [0.4, 0.5) is 10.1 Å². The summed E-state index contributed by atoms with van der Waals surface area (Å²) < 4.78 is 18.8. The van der Waals surface area contributed by atoms with Crippen molar-refractivity contribution in [1.29, 1.82) is 0 Å². The summed E-state index contributed by atoms with van der Waals surface area (Å²) in [7, 11) is 0. The predicted molar refractivity (Wildman–Crippen MR) is 126 cm³/mol. The van der Waals surface area contributed by atoms with Gasteiger partial charge in [-0.3, -0.25) is 4.79 Å². The molecular formula is C27H30FN3O2. The van der Waals surface area contributed by atoms with Crippen LogP contribution < -0.4 is 4.90 Å². The molecule has 0 atom stereocenters. The zero-order valence-electron chi connectivity index (χ0n) is 19.0. The lowest BCUT2D eigenvalue weighted by molar-refractivity contribution is -0.118. The molecule has 5 nitrogen and oxygen atoms in total. The Hall–Kier alpha value is -2.73. The van der Waals surface area contributed by atoms with Crippen LogP contribution in [0.5, 0.6) is 0 Å². The number of unbranched alkanes of at least 4 members (excludes halogenated alkanes) is 1. The van der Waals surface area contributed by atoms with Crippen LogP contribution in [0.1, 0.15) is 60.4 Å². The van der Waals surface area contributed by atoms with E-state index in [2.05, 4.69) is 22.2 Å². The van der Waals surface area contributed by atoms with E-state index >= 15 is 0 Å². The molecule has 1 saturated heterocycles. The number of fused-ring (bicyclic) bond motifs is 1. The van der Waals surface area contributed by atoms with Crippen molar-refractivity contribution in [3.8, 4) is 0 Å². The molecule has 3 aromatic rings. The fourth-order valence-electron chi connectivity index (χ4n) is 5.99. The second kappa shape index (κ2) is 8.56. The lowest BCUT2D eigenvalue weighted by Gasteiger charge is -2.31. The number of anilines is 1. The van der Waals surface area contributed by atoms with Crippen molar-refractivity contribution in [2.45, 2.75) is 57.3 Å². The maximum absolute atomic E-state index is 13.4. The number of rotatable bonds is 6. The van der Waals surface area contributed by atoms with Gasteiger partial charge in [-0.15, -0.1) is 0 Å². The third-order valence-electron chi connectivity index (χ3n) is 7.74. The number of hydrogen-bond donors (Lipinski definition) is 0. The van der Waals surface area contributed by atoms with Crippen LogP contribution in [0.3, 0.4) is 0 Å². The van der Waals surface area contributed by atoms with Crippen molar-refractivity contribution in [2.24, 2.45) is 0 Å². The largest absolute Gasteiger partial charge is 0.356 e. The number of likely N-dealkylation sites (tertiary alicyclic amines) is 1. The average Bonchev–Trinajstić information content (AvgIpc) is 3.45. The van der Waals surface area contributed by atoms with Crippen LogP contribution in [0.2, 0.25) is 0 Å². The Kier molecular flexibility index (Phi) is 5.41. The molecule has 1 amide bonds. The second-order valence-corrected chi connectivity index (χ2v) is 9.84. The number of nitrogens with zero attached hydrogens (tertiary/aromatic N) is 3. The standard InChI is InChI=1S/C27H30FN3O2/c28-22-5-6-23-24(17-22)33-29-26(23)19-8-12-30(13-9-19)11-2-1-3-18-15-20-4-7-25(32)31-14-10-21(16-18)27(20)31/h5-6,15-17,19H,1-4,7-14H2. The molecule has 6 heteroatoms. The average molecular weight is 448 g/mol. The summed E-state index contributed by atoms with van der Waals surface area (Å²) in [6, 6.07) is 9.40. The van der Waals surface area contributed by atoms with E-state index in [9.17, 15) is 9.18 Å². The molecule has 0 saturated carbocycles. The fraction of sp³-hybridized carbons (Fsp3) is 0.481. The summed E-state index contributed by atoms with van der Waals surface area (Å²) in [5.41, 5.74) is 6.96. The highest BCUT2D eigenvalue weighted by Gasteiger charge is 2.31. The van der Waals surface area contributed by atoms with Gasteiger partial charge < -0.3 is 14.3 Å². The Balaban J connectivity index is 0.993. The minimum atomic E-state index is -0.281. The Labute approximate surface area is 193 Å². The summed E-state index contributed by atoms with van der Waals surface area (Å²) in [6.07, 6.45) is 8.22. The zero-order valence-corrected chi connectivity index (χ0v) is 19.0. The quantitative estimate of drug-likeness (QED) is 0.499. The van der Waals surface area contributed by atoms with Crippen LogP contribution in [0.25, 0.3) is 11.0 Å². The third-order valence-corrected chi connectivity index (χ3v) is 7.74. The number of amides is 1. The lowest BCUT2D eigenvalue weighted by atomic mass is 9.91. The monoisotopic (exact) mass is 447 g/mol. The molecule has 2 aromatic carbocycles. The Morgan fingerprint density at radius 3 is 2.67 bits per heavy atom. The number of carbonyl (C=O) groups is 1. The molecule has 0 spiro atoms. The van der Waals surface area contributed by atoms with E-state index in [0.29, 0.717) is 23.8 Å². The van der Waals surface area contributed by atoms with E-state index in [4.69, 9.17) is 4.52 Å². The van der Waals surface area contributed by atoms with Gasteiger partial charge in [-0.1, -0.05) is 17.3 Å². The van der Waals surface area contributed by atoms with Gasteiger partial charge in [-0.25, -0.2) is 4.39 Å². The molecule has 0 bridgehead atoms. The summed E-state index contributed by atoms with van der Waals surface area (Å²) in [5, 5.41) is 5.22. The lowest BCUT2D eigenvalue weighted by Crippen LogP contribution is -2.33. The van der Waals surface area contributed by atoms with Crippen molar-refractivity contribution >= 4 is 22.6 Å². The number of piperidine rings is 1. The molecule has 1 fully saturated rings. The first kappa shape index (κ1) is 20.8. The van der Waals surface area contributed by atoms with Crippen molar-refractivity contribution < 1.29 is 13.7 Å². The highest BCUT2D eigenvalue weighted by molar-refractivity contribution is 5.98. The van der Waals surface area contributed by atoms with E-state index in [1.165, 1.54) is 47.4 Å². The molecule has 1 aromatic heterocycles. The van der Waals surface area contributed by atoms with Gasteiger partial charge in [0.1, 0.15) is 5.82 Å². The van der Waals surface area contributed by atoms with Crippen LogP contribution in [-0.2, 0) is 24.1 Å². The van der Waals surface area contributed by atoms with Gasteiger partial charge in [0, 0.05) is 30.3 Å². The molecule has 4 heterocycles. The van der Waals surface area contributed by atoms with Crippen LogP contribution in [0, 0.1) is 5.82 Å². The van der Waals surface area contributed by atoms with E-state index in [1.54, 1.807) is 6.07 Å². The smallest absolute Gasteiger partial charge is 0.227 e. The number of aromatic nitrogens is 1. The molecule has 0 aliphatic carbocycles. The Morgan fingerprint density at radius 1 is 1.00 bits per heavy atom. The molecule has 0 unspecified atom stereocenters. The van der Waals surface area contributed by atoms with Crippen molar-refractivity contribution in [1.82, 2.24) is 10.1 Å². The van der Waals surface area contributed by atoms with E-state index in [-0.39, 0.29) is 5.82 Å². The highest BCUT2D eigenvalue weighted by atomic mass is 19.1. The molecule has 3 aliphatic heterocycles. The Bertz CT molecular complexity index is 1200. The third kappa shape index (κ3) is 3.95. The molecule has 6 rings (SSSR count). The van der Waals surface area contributed by atoms with Gasteiger partial charge in [-0.2, -0.15) is 0 Å². The second-order valence-electron chi connectivity index (χ2n) is 9.84. The maximum atomic E-state index is 13.4. The maximum Gasteiger partial charge on any atom is 0.227 e. The van der Waals surface area contributed by atoms with Gasteiger partial charge >= 0.3 is 0 Å². The van der Waals surface area contributed by atoms with Crippen molar-refractivity contribution in [3.05, 3.63) is 58.5 Å². The summed E-state index contributed by atoms with van der Waals surface area (Å²) in [5.74, 6) is 0.405. The highest BCUT2D eigenvalue weighted by Crippen LogP contribution is 2.38. The van der Waals surface area contributed by atoms with Gasteiger partial charge in [0.25, 0.3) is 0 Å². The number of halogens is 1. The summed E-state index contributed by atoms with van der Waals surface area (Å²) >= 11 is 0. The fourth-order valence-corrected chi connectivity index (χ4v) is 5.99. The molecule has 3 aliphatic rings. The topological polar surface area (TPSA) is 49.6 Å². The zero-order chi connectivity index (χ0) is 22.4. The van der Waals surface area contributed by atoms with Gasteiger partial charge in [0.05, 0.1) is 11.4 Å². The number of hydrogen-bond acceptors (Lipinski definition) is 4. The van der Waals surface area contributed by atoms with Crippen LogP contribution >= 0.6 is 0 Å². The van der Waals surface area contributed by atoms with Gasteiger partial charge in [-0.05, 0) is 93.4 Å². The van der Waals surface area contributed by atoms with Crippen molar-refractivity contribution in [3.63, 3.8) is 0 Å². The first-order chi connectivity index (χ1) is 16.2. The normalized spacial score (nSPS) is 18.9. The Morgan fingerprint density at radius 2 is 1.82 bits per heavy atom. The van der Waals surface area contributed by atoms with E-state index < -0.39 is 0 Å². The number of carbonyl (C=O) groups excluding carboxylic acids is 1. The van der Waals surface area contributed by atoms with Crippen LogP contribution in [0.15, 0.2) is 34.9 Å². The van der Waals surface area contributed by atoms with Crippen molar-refractivity contribution in [2.75, 3.05) is 31.1 Å². The number of benzene rings is 2. The first-order valence-corrected chi connectivity index (χ1v) is 12.4. The van der Waals surface area contributed by atoms with Gasteiger partial charge in [0.2, 0.25) is 5.91 Å². The SMILES string of the molecule is O=C1CCc2cc(CCCCN3CCC(c4noc5cc(F)ccc45)CC3)cc3c2N1CC3. The van der Waals surface area contributed by atoms with E-state index in [1.807, 2.05) is 4.90 Å². The molecule has 172 valence electrons. The molecule has 0 radical (unpaired) electrons. The number of aryl methyl sites for hydroxylation is 2. The van der Waals surface area contributed by atoms with E-state index in [0.717, 1.165) is 69.4 Å². The minimum absolute atomic E-state index is 0.281. The summed E-state index contributed by atoms with van der Waals surface area (Å²) in [4.78, 5) is 16.7. The molecule has 0 N–H and O–H groups in total. The molecular weight excluding hydrogens is 417 g/mol.